The molecule has 0 aromatic heterocycles. The lowest BCUT2D eigenvalue weighted by atomic mass is 10.2. The molecule has 94 valence electrons. The zero-order valence-corrected chi connectivity index (χ0v) is 10.9. The molecule has 0 aliphatic rings. The number of carbonyl (C=O) groups excluding carboxylic acids is 1. The van der Waals surface area contributed by atoms with Crippen molar-refractivity contribution in [2.75, 3.05) is 16.8 Å². The molecule has 0 radical (unpaired) electrons. The van der Waals surface area contributed by atoms with Gasteiger partial charge in [0, 0.05) is 28.3 Å². The zero-order valence-electron chi connectivity index (χ0n) is 10.1. The van der Waals surface area contributed by atoms with Crippen LogP contribution in [0.5, 0.6) is 0 Å². The molecule has 0 saturated carbocycles. The number of nitrogens with two attached hydrogens (primary N) is 1. The van der Waals surface area contributed by atoms with Crippen molar-refractivity contribution in [2.24, 2.45) is 5.73 Å². The topological polar surface area (TPSA) is 72.2 Å². The van der Waals surface area contributed by atoms with E-state index in [4.69, 9.17) is 5.73 Å². The Balaban J connectivity index is 2.47. The van der Waals surface area contributed by atoms with Gasteiger partial charge in [-0.3, -0.25) is 9.00 Å². The lowest BCUT2D eigenvalue weighted by molar-refractivity contribution is -0.113. The van der Waals surface area contributed by atoms with E-state index in [2.05, 4.69) is 5.32 Å². The largest absolute Gasteiger partial charge is 0.327 e. The predicted octanol–water partition coefficient (Wildman–Crippen LogP) is 1.03. The highest BCUT2D eigenvalue weighted by atomic mass is 32.2. The third-order valence-corrected chi connectivity index (χ3v) is 3.52. The molecular formula is C12H18N2O2S. The molecule has 0 bridgehead atoms. The van der Waals surface area contributed by atoms with Gasteiger partial charge in [0.2, 0.25) is 5.91 Å². The molecule has 1 amide bonds. The maximum atomic E-state index is 11.6. The normalized spacial score (nSPS) is 14.1. The Hall–Kier alpha value is -1.20. The summed E-state index contributed by atoms with van der Waals surface area (Å²) in [5, 5.41) is 2.71. The molecule has 2 unspecified atom stereocenters. The summed E-state index contributed by atoms with van der Waals surface area (Å²) in [6, 6.07) is 7.34. The first-order chi connectivity index (χ1) is 7.97. The second-order valence-corrected chi connectivity index (χ2v) is 5.65. The van der Waals surface area contributed by atoms with E-state index < -0.39 is 10.8 Å². The number of hydrogen-bond acceptors (Lipinski definition) is 3. The van der Waals surface area contributed by atoms with E-state index in [1.54, 1.807) is 13.0 Å². The maximum Gasteiger partial charge on any atom is 0.236 e. The van der Waals surface area contributed by atoms with Crippen molar-refractivity contribution >= 4 is 22.4 Å². The predicted molar refractivity (Wildman–Crippen MR) is 71.3 cm³/mol. The van der Waals surface area contributed by atoms with Crippen LogP contribution < -0.4 is 11.1 Å². The van der Waals surface area contributed by atoms with Gasteiger partial charge < -0.3 is 11.1 Å². The third kappa shape index (κ3) is 5.60. The molecule has 5 heteroatoms. The van der Waals surface area contributed by atoms with Gasteiger partial charge in [0.1, 0.15) is 5.75 Å². The summed E-state index contributed by atoms with van der Waals surface area (Å²) >= 11 is 0. The van der Waals surface area contributed by atoms with Crippen molar-refractivity contribution in [3.8, 4) is 0 Å². The first-order valence-corrected chi connectivity index (χ1v) is 6.93. The zero-order chi connectivity index (χ0) is 12.8. The summed E-state index contributed by atoms with van der Waals surface area (Å²) in [6.07, 6.45) is 0. The molecule has 1 aromatic rings. The number of carbonyl (C=O) groups is 1. The van der Waals surface area contributed by atoms with Gasteiger partial charge in [-0.15, -0.1) is 0 Å². The van der Waals surface area contributed by atoms with Crippen molar-refractivity contribution in [1.82, 2.24) is 0 Å². The van der Waals surface area contributed by atoms with Gasteiger partial charge in [-0.2, -0.15) is 0 Å². The molecule has 0 aliphatic carbocycles. The molecule has 0 fully saturated rings. The van der Waals surface area contributed by atoms with Gasteiger partial charge in [0.15, 0.2) is 0 Å². The molecule has 0 spiro atoms. The molecule has 17 heavy (non-hydrogen) atoms. The van der Waals surface area contributed by atoms with Gasteiger partial charge >= 0.3 is 0 Å². The minimum atomic E-state index is -1.20. The number of benzene rings is 1. The van der Waals surface area contributed by atoms with Crippen LogP contribution in [-0.4, -0.2) is 27.7 Å². The second-order valence-electron chi connectivity index (χ2n) is 4.15. The molecule has 0 aliphatic heterocycles. The van der Waals surface area contributed by atoms with Crippen LogP contribution in [-0.2, 0) is 15.6 Å². The Morgan fingerprint density at radius 3 is 2.82 bits per heavy atom. The minimum absolute atomic E-state index is 0.00448. The first kappa shape index (κ1) is 13.9. The molecule has 1 rings (SSSR count). The lowest BCUT2D eigenvalue weighted by Gasteiger charge is -2.07. The Kier molecular flexibility index (Phi) is 5.31. The SMILES string of the molecule is Cc1cccc(NC(=O)CS(=O)CC(C)N)c1. The van der Waals surface area contributed by atoms with Crippen molar-refractivity contribution in [3.05, 3.63) is 29.8 Å². The van der Waals surface area contributed by atoms with E-state index in [1.165, 1.54) is 0 Å². The number of rotatable bonds is 5. The van der Waals surface area contributed by atoms with Crippen LogP contribution >= 0.6 is 0 Å². The van der Waals surface area contributed by atoms with Crippen LogP contribution in [0.1, 0.15) is 12.5 Å². The van der Waals surface area contributed by atoms with Gasteiger partial charge in [-0.1, -0.05) is 12.1 Å². The molecule has 0 heterocycles. The molecule has 2 atom stereocenters. The number of aryl methyl sites for hydroxylation is 1. The smallest absolute Gasteiger partial charge is 0.236 e. The molecular weight excluding hydrogens is 236 g/mol. The Morgan fingerprint density at radius 2 is 2.24 bits per heavy atom. The lowest BCUT2D eigenvalue weighted by Crippen LogP contribution is -2.28. The van der Waals surface area contributed by atoms with Gasteiger partial charge in [0.05, 0.1) is 0 Å². The van der Waals surface area contributed by atoms with Gasteiger partial charge in [0.25, 0.3) is 0 Å². The van der Waals surface area contributed by atoms with Gasteiger partial charge in [-0.05, 0) is 31.5 Å². The summed E-state index contributed by atoms with van der Waals surface area (Å²) in [5.74, 6) is 0.103. The molecule has 4 nitrogen and oxygen atoms in total. The van der Waals surface area contributed by atoms with Crippen molar-refractivity contribution in [2.45, 2.75) is 19.9 Å². The highest BCUT2D eigenvalue weighted by molar-refractivity contribution is 7.85. The quantitative estimate of drug-likeness (QED) is 0.824. The van der Waals surface area contributed by atoms with Crippen molar-refractivity contribution in [3.63, 3.8) is 0 Å². The highest BCUT2D eigenvalue weighted by Gasteiger charge is 2.09. The van der Waals surface area contributed by atoms with Crippen LogP contribution in [0.15, 0.2) is 24.3 Å². The van der Waals surface area contributed by atoms with Crippen LogP contribution in [0.25, 0.3) is 0 Å². The molecule has 0 saturated heterocycles. The monoisotopic (exact) mass is 254 g/mol. The average Bonchev–Trinajstić information content (AvgIpc) is 2.14. The number of amides is 1. The Bertz CT molecular complexity index is 419. The standard InChI is InChI=1S/C12H18N2O2S/c1-9-4-3-5-11(6-9)14-12(15)8-17(16)7-10(2)13/h3-6,10H,7-8,13H2,1-2H3,(H,14,15). The van der Waals surface area contributed by atoms with Crippen LogP contribution in [0.4, 0.5) is 5.69 Å². The van der Waals surface area contributed by atoms with E-state index in [9.17, 15) is 9.00 Å². The van der Waals surface area contributed by atoms with Crippen molar-refractivity contribution < 1.29 is 9.00 Å². The van der Waals surface area contributed by atoms with E-state index in [-0.39, 0.29) is 17.7 Å². The molecule has 1 aromatic carbocycles. The number of nitrogens with one attached hydrogen (secondary N) is 1. The average molecular weight is 254 g/mol. The fourth-order valence-corrected chi connectivity index (χ4v) is 2.49. The summed E-state index contributed by atoms with van der Waals surface area (Å²) < 4.78 is 11.5. The molecule has 3 N–H and O–H groups in total. The van der Waals surface area contributed by atoms with E-state index >= 15 is 0 Å². The fourth-order valence-electron chi connectivity index (χ4n) is 1.42. The Morgan fingerprint density at radius 1 is 1.53 bits per heavy atom. The van der Waals surface area contributed by atoms with Crippen LogP contribution in [0, 0.1) is 6.92 Å². The second kappa shape index (κ2) is 6.51. The maximum absolute atomic E-state index is 11.6. The van der Waals surface area contributed by atoms with E-state index in [1.807, 2.05) is 25.1 Å². The summed E-state index contributed by atoms with van der Waals surface area (Å²) in [7, 11) is -1.20. The summed E-state index contributed by atoms with van der Waals surface area (Å²) in [5.41, 5.74) is 7.32. The minimum Gasteiger partial charge on any atom is -0.327 e. The number of anilines is 1. The Labute approximate surface area is 104 Å². The summed E-state index contributed by atoms with van der Waals surface area (Å²) in [6.45, 7) is 3.72. The first-order valence-electron chi connectivity index (χ1n) is 5.44. The number of hydrogen-bond donors (Lipinski definition) is 2. The van der Waals surface area contributed by atoms with Crippen LogP contribution in [0.3, 0.4) is 0 Å². The van der Waals surface area contributed by atoms with E-state index in [0.29, 0.717) is 5.75 Å². The van der Waals surface area contributed by atoms with E-state index in [0.717, 1.165) is 11.3 Å². The fraction of sp³-hybridized carbons (Fsp3) is 0.417. The van der Waals surface area contributed by atoms with Crippen LogP contribution in [0.2, 0.25) is 0 Å². The third-order valence-electron chi connectivity index (χ3n) is 2.04. The van der Waals surface area contributed by atoms with Gasteiger partial charge in [-0.25, -0.2) is 0 Å². The van der Waals surface area contributed by atoms with Crippen molar-refractivity contribution in [1.29, 1.82) is 0 Å². The summed E-state index contributed by atoms with van der Waals surface area (Å²) in [4.78, 5) is 11.6. The highest BCUT2D eigenvalue weighted by Crippen LogP contribution is 2.09.